The quantitative estimate of drug-likeness (QED) is 0.0230. The fourth-order valence-corrected chi connectivity index (χ4v) is 14.0. The van der Waals surface area contributed by atoms with Crippen LogP contribution in [0.4, 0.5) is 4.79 Å². The molecule has 0 spiro atoms. The fraction of sp³-hybridized carbons (Fsp3) is 0.581. The maximum Gasteiger partial charge on any atom is 0.501 e. The number of methoxy groups -OCH3 is 2. The normalized spacial score (nSPS) is 20.1. The predicted octanol–water partition coefficient (Wildman–Crippen LogP) is 1.43. The van der Waals surface area contributed by atoms with Crippen LogP contribution in [0.15, 0.2) is 91.1 Å². The zero-order chi connectivity index (χ0) is 80.8. The van der Waals surface area contributed by atoms with Gasteiger partial charge in [0, 0.05) is 91.4 Å². The van der Waals surface area contributed by atoms with Gasteiger partial charge in [-0.1, -0.05) is 103 Å². The number of carbonyl (C=O) groups is 9. The molecule has 0 bridgehead atoms. The summed E-state index contributed by atoms with van der Waals surface area (Å²) in [5.74, 6) is -8.25. The Hall–Kier alpha value is -9.24. The molecule has 2 saturated heterocycles. The third kappa shape index (κ3) is 23.9. The predicted molar refractivity (Wildman–Crippen MR) is 392 cm³/mol. The Morgan fingerprint density at radius 1 is 0.782 bits per heavy atom. The highest BCUT2D eigenvalue weighted by molar-refractivity contribution is 7.82. The first-order valence-corrected chi connectivity index (χ1v) is 37.7. The molecular weight excluding hydrogens is 1460 g/mol. The van der Waals surface area contributed by atoms with Gasteiger partial charge in [0.25, 0.3) is 17.7 Å². The van der Waals surface area contributed by atoms with E-state index in [2.05, 4.69) is 26.3 Å². The van der Waals surface area contributed by atoms with Crippen LogP contribution in [0.3, 0.4) is 0 Å². The molecule has 8 amide bonds. The molecule has 3 aliphatic rings. The van der Waals surface area contributed by atoms with Gasteiger partial charge in [0.05, 0.1) is 68.7 Å². The molecule has 3 aliphatic heterocycles. The number of aliphatic carboxylic acids is 1. The molecule has 3 aromatic carbocycles. The smallest absolute Gasteiger partial charge is 0.480 e. The number of rotatable bonds is 42. The van der Waals surface area contributed by atoms with Gasteiger partial charge in [-0.15, -0.1) is 13.5 Å². The van der Waals surface area contributed by atoms with Crippen molar-refractivity contribution in [3.05, 3.63) is 114 Å². The van der Waals surface area contributed by atoms with E-state index in [1.165, 1.54) is 68.7 Å². The van der Waals surface area contributed by atoms with Crippen LogP contribution in [0.5, 0.6) is 17.2 Å². The van der Waals surface area contributed by atoms with Crippen LogP contribution in [0.1, 0.15) is 101 Å². The lowest BCUT2D eigenvalue weighted by molar-refractivity contribution is -0.277. The number of likely N-dealkylation sites (N-methyl/N-ethyl adjacent to an activating group) is 3. The molecule has 14 atom stereocenters. The number of aliphatic hydroxyl groups is 4. The van der Waals surface area contributed by atoms with Crippen LogP contribution in [0.25, 0.3) is 0 Å². The van der Waals surface area contributed by atoms with Crippen LogP contribution in [0.2, 0.25) is 0 Å². The monoisotopic (exact) mass is 1560 g/mol. The van der Waals surface area contributed by atoms with E-state index in [4.69, 9.17) is 36.8 Å². The lowest BCUT2D eigenvalue weighted by Crippen LogP contribution is -2.60. The van der Waals surface area contributed by atoms with E-state index in [-0.39, 0.29) is 80.7 Å². The summed E-state index contributed by atoms with van der Waals surface area (Å²) in [7, 11) is 2.50. The van der Waals surface area contributed by atoms with Crippen molar-refractivity contribution in [2.75, 3.05) is 81.4 Å². The molecular formula is C74H105N11O24S. The number of amides is 8. The van der Waals surface area contributed by atoms with E-state index in [0.717, 1.165) is 27.5 Å². The molecule has 4 aromatic rings. The average molecular weight is 1560 g/mol. The van der Waals surface area contributed by atoms with E-state index < -0.39 is 155 Å². The van der Waals surface area contributed by atoms with Crippen LogP contribution in [-0.2, 0) is 93.8 Å². The van der Waals surface area contributed by atoms with Gasteiger partial charge < -0.3 is 88.1 Å². The summed E-state index contributed by atoms with van der Waals surface area (Å²) in [6.07, 6.45) is -5.69. The van der Waals surface area contributed by atoms with Crippen molar-refractivity contribution in [1.82, 2.24) is 55.4 Å². The molecule has 35 nitrogen and oxygen atoms in total. The van der Waals surface area contributed by atoms with E-state index in [1.54, 1.807) is 87.8 Å². The number of nitrogens with zero attached hydrogens (tertiary/aromatic N) is 8. The van der Waals surface area contributed by atoms with Crippen molar-refractivity contribution in [3.63, 3.8) is 0 Å². The summed E-state index contributed by atoms with van der Waals surface area (Å²) in [6, 6.07) is 12.6. The van der Waals surface area contributed by atoms with Crippen LogP contribution in [0, 0.1) is 23.7 Å². The molecule has 110 heavy (non-hydrogen) atoms. The van der Waals surface area contributed by atoms with E-state index >= 15 is 0 Å². The minimum Gasteiger partial charge on any atom is -0.480 e. The number of ether oxygens (including phenoxy) is 6. The number of hydrogen-bond acceptors (Lipinski definition) is 26. The first kappa shape index (κ1) is 88.0. The Morgan fingerprint density at radius 2 is 1.47 bits per heavy atom. The van der Waals surface area contributed by atoms with Gasteiger partial charge >= 0.3 is 22.5 Å². The van der Waals surface area contributed by atoms with E-state index in [0.29, 0.717) is 56.7 Å². The molecule has 0 saturated carbocycles. The van der Waals surface area contributed by atoms with Crippen LogP contribution >= 0.6 is 0 Å². The van der Waals surface area contributed by atoms with Gasteiger partial charge in [-0.25, -0.2) is 14.3 Å². The molecule has 4 heterocycles. The second kappa shape index (κ2) is 41.2. The number of benzene rings is 3. The molecule has 2 fully saturated rings. The summed E-state index contributed by atoms with van der Waals surface area (Å²) in [6.45, 7) is 13.0. The topological polar surface area (TPSA) is 446 Å². The Labute approximate surface area is 639 Å². The number of aliphatic hydroxyl groups excluding tert-OH is 4. The number of likely N-dealkylation sites (tertiary alicyclic amines) is 1. The summed E-state index contributed by atoms with van der Waals surface area (Å²) in [5.41, 5.74) is 1.53. The molecule has 1 aromatic heterocycles. The van der Waals surface area contributed by atoms with Gasteiger partial charge in [0.1, 0.15) is 54.9 Å². The van der Waals surface area contributed by atoms with Gasteiger partial charge in [-0.2, -0.15) is 0 Å². The molecule has 7 rings (SSSR count). The van der Waals surface area contributed by atoms with Crippen molar-refractivity contribution >= 4 is 63.8 Å². The Bertz CT molecular complexity index is 3890. The summed E-state index contributed by atoms with van der Waals surface area (Å²) >= 11 is 0. The maximum atomic E-state index is 14.9. The van der Waals surface area contributed by atoms with E-state index in [1.807, 2.05) is 25.8 Å². The number of hydrogen-bond donors (Lipinski definition) is 8. The van der Waals surface area contributed by atoms with Crippen molar-refractivity contribution in [3.8, 4) is 17.2 Å². The van der Waals surface area contributed by atoms with Crippen LogP contribution in [-0.4, -0.2) is 281 Å². The second-order valence-electron chi connectivity index (χ2n) is 28.2. The van der Waals surface area contributed by atoms with Crippen molar-refractivity contribution in [2.45, 2.75) is 173 Å². The number of carboxylic acid groups (broad SMARTS) is 1. The van der Waals surface area contributed by atoms with Gasteiger partial charge in [0.2, 0.25) is 29.9 Å². The minimum absolute atomic E-state index is 0.0242. The lowest BCUT2D eigenvalue weighted by Gasteiger charge is -2.41. The molecule has 0 radical (unpaired) electrons. The Kier molecular flexibility index (Phi) is 32.9. The number of carboxylic acids is 1. The van der Waals surface area contributed by atoms with Gasteiger partial charge in [-0.3, -0.25) is 48.3 Å². The molecule has 36 heteroatoms. The van der Waals surface area contributed by atoms with E-state index in [9.17, 15) is 77.1 Å². The summed E-state index contributed by atoms with van der Waals surface area (Å²) < 4.78 is 74.1. The highest BCUT2D eigenvalue weighted by Crippen LogP contribution is 2.35. The number of carbonyl (C=O) groups excluding carboxylic acids is 8. The SMILES string of the molecule is CCC(C)[C@@H]([C@@H](CC(=O)N1CCC[C@H]1[C@H](OC)[C@@H](C)C(=O)NC(Cc1ccccc1)C(=O)O)OC)N(C)C(=O)[C@@H](NC(=O)[C@H](C(C)C)N(C)C(=O)OCc1ccc(OS(=O)(=O)Oc2cc(C(=O)NCCOCCn3cc(CN(C)CCN4C(=O)C=CC4=O)nn3)ccc2OC2O[C@H](CO)[C@H](O)[C@H](O)[C@H]2O)cc1)C(C)C. The third-order valence-electron chi connectivity index (χ3n) is 19.6. The molecule has 0 aliphatic carbocycles. The van der Waals surface area contributed by atoms with Crippen LogP contribution < -0.4 is 29.1 Å². The maximum absolute atomic E-state index is 14.9. The summed E-state index contributed by atoms with van der Waals surface area (Å²) in [4.78, 5) is 128. The van der Waals surface area contributed by atoms with Crippen molar-refractivity contribution < 1.29 is 114 Å². The molecule has 3 unspecified atom stereocenters. The second-order valence-corrected chi connectivity index (χ2v) is 29.3. The number of nitrogens with one attached hydrogen (secondary N) is 3. The van der Waals surface area contributed by atoms with Crippen molar-refractivity contribution in [1.29, 1.82) is 0 Å². The molecule has 606 valence electrons. The first-order chi connectivity index (χ1) is 52.2. The average Bonchev–Trinajstić information content (AvgIpc) is 1.02. The Morgan fingerprint density at radius 3 is 2.10 bits per heavy atom. The third-order valence-corrected chi connectivity index (χ3v) is 20.4. The lowest BCUT2D eigenvalue weighted by atomic mass is 9.89. The largest absolute Gasteiger partial charge is 0.501 e. The van der Waals surface area contributed by atoms with Gasteiger partial charge in [0.15, 0.2) is 11.5 Å². The van der Waals surface area contributed by atoms with Gasteiger partial charge in [-0.05, 0) is 79.1 Å². The standard InChI is InChI=1S/C74H105N11O24S/c1-13-45(6)63(56(102-11)38-60(89)84-30-17-20-53(84)67(103-12)46(7)68(93)76-52(72(97)98)36-47-18-15-14-16-19-47)81(9)71(96)61(43(2)3)77-70(95)62(44(4)5)82(10)74(99)105-42-48-21-24-51(25-22-48)108-110(100,101)109-55-37-49(23-26-54(55)106-73-66(92)65(91)64(90)57(41-86)107-73)69(94)75-29-34-104-35-33-83-40-50(78-79-83)39-80(8)31-32-85-58(87)27-28-59(85)88/h14-16,18-19,21-28,37,40,43-46,52-53,56-57,61-67,73,86,90-92H,13,17,20,29-36,38-39,41-42H2,1-12H3,(H,75,94)(H,76,93)(H,77,95)(H,97,98)/t45?,46-,52?,53+,56-,57-,61+,62+,63+,64+,65+,66-,67-,73?/m1/s1. The Balaban J connectivity index is 0.933. The number of imide groups is 1. The highest BCUT2D eigenvalue weighted by atomic mass is 32.3. The highest BCUT2D eigenvalue weighted by Gasteiger charge is 2.47. The zero-order valence-electron chi connectivity index (χ0n) is 64.0. The van der Waals surface area contributed by atoms with Crippen molar-refractivity contribution in [2.24, 2.45) is 23.7 Å². The molecule has 8 N–H and O–H groups in total. The summed E-state index contributed by atoms with van der Waals surface area (Å²) in [5, 5.41) is 67.9. The zero-order valence-corrected chi connectivity index (χ0v) is 64.8. The fourth-order valence-electron chi connectivity index (χ4n) is 13.3. The first-order valence-electron chi connectivity index (χ1n) is 36.4. The number of aromatic nitrogens is 3. The minimum atomic E-state index is -5.15.